The molecule has 1 aliphatic rings. The number of nitrogens with one attached hydrogen (secondary N) is 2. The Morgan fingerprint density at radius 2 is 1.96 bits per heavy atom. The van der Waals surface area contributed by atoms with Crippen LogP contribution in [-0.2, 0) is 6.42 Å². The number of piperidine rings is 1. The van der Waals surface area contributed by atoms with E-state index in [9.17, 15) is 8.78 Å². The van der Waals surface area contributed by atoms with Crippen LogP contribution in [0.1, 0.15) is 18.4 Å². The minimum absolute atomic E-state index is 0.379. The molecule has 0 aliphatic carbocycles. The second-order valence-electron chi connectivity index (χ2n) is 6.38. The highest BCUT2D eigenvalue weighted by molar-refractivity contribution is 7.14. The van der Waals surface area contributed by atoms with Crippen LogP contribution in [0.25, 0.3) is 0 Å². The fourth-order valence-electron chi connectivity index (χ4n) is 3.16. The first-order valence-electron chi connectivity index (χ1n) is 8.84. The topological polar surface area (TPSA) is 39.7 Å². The van der Waals surface area contributed by atoms with Crippen LogP contribution < -0.4 is 15.5 Å². The van der Waals surface area contributed by atoms with Gasteiger partial charge in [-0.05, 0) is 54.5 Å². The molecule has 0 radical (unpaired) electrons. The molecule has 3 rings (SSSR count). The van der Waals surface area contributed by atoms with Crippen molar-refractivity contribution in [2.24, 2.45) is 4.99 Å². The van der Waals surface area contributed by atoms with Crippen LogP contribution in [0.5, 0.6) is 0 Å². The first-order valence-corrected chi connectivity index (χ1v) is 9.72. The number of rotatable bonds is 5. The molecule has 0 bridgehead atoms. The first-order chi connectivity index (χ1) is 12.6. The highest BCUT2D eigenvalue weighted by Crippen LogP contribution is 2.24. The number of nitrogens with zero attached hydrogens (tertiary/aromatic N) is 2. The third kappa shape index (κ3) is 5.17. The molecule has 0 spiro atoms. The van der Waals surface area contributed by atoms with Crippen LogP contribution in [0.3, 0.4) is 0 Å². The summed E-state index contributed by atoms with van der Waals surface area (Å²) in [4.78, 5) is 6.67. The Hall–Kier alpha value is -2.15. The molecule has 4 nitrogen and oxygen atoms in total. The number of halogens is 2. The standard InChI is InChI=1S/C19H24F2N4S/c1-22-19(23-7-4-14-11-15(20)13-16(21)12-14)24-17-5-8-25(9-6-17)18-3-2-10-26-18/h2-3,10-13,17H,4-9H2,1H3,(H2,22,23,24). The number of anilines is 1. The minimum atomic E-state index is -0.542. The number of thiophene rings is 1. The number of aliphatic imine (C=N–C) groups is 1. The van der Waals surface area contributed by atoms with Crippen LogP contribution in [-0.4, -0.2) is 38.7 Å². The zero-order valence-corrected chi connectivity index (χ0v) is 15.7. The lowest BCUT2D eigenvalue weighted by Gasteiger charge is -2.33. The monoisotopic (exact) mass is 378 g/mol. The van der Waals surface area contributed by atoms with E-state index in [1.807, 2.05) is 0 Å². The molecule has 7 heteroatoms. The molecule has 0 amide bonds. The van der Waals surface area contributed by atoms with Crippen LogP contribution in [0, 0.1) is 11.6 Å². The van der Waals surface area contributed by atoms with Crippen molar-refractivity contribution >= 4 is 22.3 Å². The molecule has 140 valence electrons. The summed E-state index contributed by atoms with van der Waals surface area (Å²) in [6.07, 6.45) is 2.63. The van der Waals surface area contributed by atoms with Crippen LogP contribution in [0.4, 0.5) is 13.8 Å². The molecule has 1 aliphatic heterocycles. The van der Waals surface area contributed by atoms with Gasteiger partial charge in [0.05, 0.1) is 5.00 Å². The van der Waals surface area contributed by atoms with Crippen molar-refractivity contribution in [2.75, 3.05) is 31.6 Å². The number of hydrogen-bond acceptors (Lipinski definition) is 3. The molecular weight excluding hydrogens is 354 g/mol. The maximum atomic E-state index is 13.2. The van der Waals surface area contributed by atoms with Crippen molar-refractivity contribution in [3.8, 4) is 0 Å². The van der Waals surface area contributed by atoms with Gasteiger partial charge in [-0.2, -0.15) is 0 Å². The zero-order valence-electron chi connectivity index (χ0n) is 14.8. The zero-order chi connectivity index (χ0) is 18.4. The van der Waals surface area contributed by atoms with Crippen molar-refractivity contribution in [1.82, 2.24) is 10.6 Å². The Labute approximate surface area is 156 Å². The van der Waals surface area contributed by atoms with E-state index in [1.165, 1.54) is 17.1 Å². The van der Waals surface area contributed by atoms with E-state index in [1.54, 1.807) is 18.4 Å². The van der Waals surface area contributed by atoms with Crippen molar-refractivity contribution in [3.05, 3.63) is 52.9 Å². The Morgan fingerprint density at radius 3 is 2.58 bits per heavy atom. The normalized spacial score (nSPS) is 16.0. The average molecular weight is 378 g/mol. The van der Waals surface area contributed by atoms with Gasteiger partial charge in [0.15, 0.2) is 5.96 Å². The summed E-state index contributed by atoms with van der Waals surface area (Å²) < 4.78 is 26.4. The Kier molecular flexibility index (Phi) is 6.44. The lowest BCUT2D eigenvalue weighted by Crippen LogP contribution is -2.49. The summed E-state index contributed by atoms with van der Waals surface area (Å²) in [6, 6.07) is 8.24. The predicted molar refractivity (Wildman–Crippen MR) is 104 cm³/mol. The molecular formula is C19H24F2N4S. The average Bonchev–Trinajstić information content (AvgIpc) is 3.15. The molecule has 0 unspecified atom stereocenters. The second kappa shape index (κ2) is 8.98. The lowest BCUT2D eigenvalue weighted by molar-refractivity contribution is 0.463. The van der Waals surface area contributed by atoms with E-state index < -0.39 is 11.6 Å². The van der Waals surface area contributed by atoms with Crippen LogP contribution >= 0.6 is 11.3 Å². The van der Waals surface area contributed by atoms with Gasteiger partial charge in [-0.3, -0.25) is 4.99 Å². The third-order valence-corrected chi connectivity index (χ3v) is 5.43. The smallest absolute Gasteiger partial charge is 0.191 e. The molecule has 2 aromatic rings. The molecule has 1 fully saturated rings. The van der Waals surface area contributed by atoms with E-state index in [0.29, 0.717) is 24.6 Å². The second-order valence-corrected chi connectivity index (χ2v) is 7.31. The summed E-state index contributed by atoms with van der Waals surface area (Å²) in [6.45, 7) is 2.62. The molecule has 1 aromatic heterocycles. The maximum Gasteiger partial charge on any atom is 0.191 e. The van der Waals surface area contributed by atoms with E-state index in [0.717, 1.165) is 38.0 Å². The molecule has 1 saturated heterocycles. The fraction of sp³-hybridized carbons (Fsp3) is 0.421. The highest BCUT2D eigenvalue weighted by atomic mass is 32.1. The van der Waals surface area contributed by atoms with Crippen molar-refractivity contribution < 1.29 is 8.78 Å². The first kappa shape index (κ1) is 18.6. The summed E-state index contributed by atoms with van der Waals surface area (Å²) in [7, 11) is 1.73. The largest absolute Gasteiger partial charge is 0.363 e. The molecule has 26 heavy (non-hydrogen) atoms. The van der Waals surface area contributed by atoms with E-state index in [2.05, 4.69) is 38.0 Å². The van der Waals surface area contributed by atoms with Crippen molar-refractivity contribution in [1.29, 1.82) is 0 Å². The SMILES string of the molecule is CN=C(NCCc1cc(F)cc(F)c1)NC1CCN(c2cccs2)CC1. The molecule has 2 heterocycles. The predicted octanol–water partition coefficient (Wildman–Crippen LogP) is 3.40. The summed E-state index contributed by atoms with van der Waals surface area (Å²) in [5.74, 6) is -0.350. The van der Waals surface area contributed by atoms with Gasteiger partial charge in [-0.15, -0.1) is 11.3 Å². The van der Waals surface area contributed by atoms with Gasteiger partial charge in [0, 0.05) is 38.8 Å². The Morgan fingerprint density at radius 1 is 1.23 bits per heavy atom. The number of hydrogen-bond donors (Lipinski definition) is 2. The molecule has 0 atom stereocenters. The lowest BCUT2D eigenvalue weighted by atomic mass is 10.1. The quantitative estimate of drug-likeness (QED) is 0.619. The van der Waals surface area contributed by atoms with Crippen molar-refractivity contribution in [2.45, 2.75) is 25.3 Å². The highest BCUT2D eigenvalue weighted by Gasteiger charge is 2.20. The van der Waals surface area contributed by atoms with E-state index in [4.69, 9.17) is 0 Å². The Balaban J connectivity index is 1.42. The van der Waals surface area contributed by atoms with E-state index in [-0.39, 0.29) is 0 Å². The van der Waals surface area contributed by atoms with Gasteiger partial charge >= 0.3 is 0 Å². The molecule has 0 saturated carbocycles. The molecule has 1 aromatic carbocycles. The molecule has 2 N–H and O–H groups in total. The summed E-state index contributed by atoms with van der Waals surface area (Å²) in [5.41, 5.74) is 0.634. The van der Waals surface area contributed by atoms with Gasteiger partial charge in [0.25, 0.3) is 0 Å². The van der Waals surface area contributed by atoms with Gasteiger partial charge in [-0.25, -0.2) is 8.78 Å². The summed E-state index contributed by atoms with van der Waals surface area (Å²) in [5, 5.41) is 10.1. The number of guanidine groups is 1. The van der Waals surface area contributed by atoms with Crippen LogP contribution in [0.2, 0.25) is 0 Å². The fourth-order valence-corrected chi connectivity index (χ4v) is 3.95. The van der Waals surface area contributed by atoms with Gasteiger partial charge in [0.2, 0.25) is 0 Å². The van der Waals surface area contributed by atoms with Gasteiger partial charge in [0.1, 0.15) is 11.6 Å². The summed E-state index contributed by atoms with van der Waals surface area (Å²) >= 11 is 1.78. The van der Waals surface area contributed by atoms with Gasteiger partial charge < -0.3 is 15.5 Å². The third-order valence-electron chi connectivity index (χ3n) is 4.51. The minimum Gasteiger partial charge on any atom is -0.363 e. The maximum absolute atomic E-state index is 13.2. The van der Waals surface area contributed by atoms with Crippen molar-refractivity contribution in [3.63, 3.8) is 0 Å². The Bertz CT molecular complexity index is 705. The van der Waals surface area contributed by atoms with E-state index >= 15 is 0 Å². The van der Waals surface area contributed by atoms with Gasteiger partial charge in [-0.1, -0.05) is 0 Å². The number of benzene rings is 1. The van der Waals surface area contributed by atoms with Crippen LogP contribution in [0.15, 0.2) is 40.7 Å².